The number of rotatable bonds is 5. The van der Waals surface area contributed by atoms with Crippen LogP contribution in [0.15, 0.2) is 0 Å². The standard InChI is InChI=1S/C10H20N2OS/c1-3-12-10(9(11)13)6-5-8(7-10)14-4-2/h8,12H,3-7H2,1-2H3,(H2,11,13). The van der Waals surface area contributed by atoms with E-state index in [1.54, 1.807) is 0 Å². The van der Waals surface area contributed by atoms with Crippen molar-refractivity contribution in [2.45, 2.75) is 43.9 Å². The minimum absolute atomic E-state index is 0.182. The van der Waals surface area contributed by atoms with E-state index in [1.807, 2.05) is 18.7 Å². The number of hydrogen-bond donors (Lipinski definition) is 2. The van der Waals surface area contributed by atoms with Gasteiger partial charge < -0.3 is 11.1 Å². The van der Waals surface area contributed by atoms with Crippen molar-refractivity contribution in [3.05, 3.63) is 0 Å². The molecule has 14 heavy (non-hydrogen) atoms. The Balaban J connectivity index is 2.59. The van der Waals surface area contributed by atoms with Crippen LogP contribution in [0.2, 0.25) is 0 Å². The van der Waals surface area contributed by atoms with Gasteiger partial charge in [-0.15, -0.1) is 0 Å². The molecule has 2 atom stereocenters. The molecule has 1 fully saturated rings. The van der Waals surface area contributed by atoms with Crippen molar-refractivity contribution in [3.8, 4) is 0 Å². The molecule has 0 bridgehead atoms. The predicted molar refractivity (Wildman–Crippen MR) is 61.4 cm³/mol. The molecule has 4 heteroatoms. The molecule has 2 unspecified atom stereocenters. The maximum absolute atomic E-state index is 11.4. The highest BCUT2D eigenvalue weighted by atomic mass is 32.2. The van der Waals surface area contributed by atoms with Gasteiger partial charge in [0.2, 0.25) is 5.91 Å². The summed E-state index contributed by atoms with van der Waals surface area (Å²) in [6.07, 6.45) is 2.90. The summed E-state index contributed by atoms with van der Waals surface area (Å²) in [4.78, 5) is 11.4. The van der Waals surface area contributed by atoms with Crippen LogP contribution in [0.4, 0.5) is 0 Å². The van der Waals surface area contributed by atoms with Gasteiger partial charge in [0.1, 0.15) is 0 Å². The van der Waals surface area contributed by atoms with E-state index in [1.165, 1.54) is 0 Å². The van der Waals surface area contributed by atoms with E-state index in [0.29, 0.717) is 5.25 Å². The first-order chi connectivity index (χ1) is 6.64. The van der Waals surface area contributed by atoms with Gasteiger partial charge in [-0.05, 0) is 31.6 Å². The highest BCUT2D eigenvalue weighted by Gasteiger charge is 2.43. The summed E-state index contributed by atoms with van der Waals surface area (Å²) in [5.74, 6) is 0.935. The van der Waals surface area contributed by atoms with Gasteiger partial charge in [-0.2, -0.15) is 11.8 Å². The molecule has 0 aromatic rings. The van der Waals surface area contributed by atoms with Crippen molar-refractivity contribution in [1.82, 2.24) is 5.32 Å². The van der Waals surface area contributed by atoms with E-state index in [-0.39, 0.29) is 5.91 Å². The molecule has 0 aliphatic heterocycles. The maximum Gasteiger partial charge on any atom is 0.237 e. The summed E-state index contributed by atoms with van der Waals surface area (Å²) in [5, 5.41) is 3.86. The molecular formula is C10H20N2OS. The van der Waals surface area contributed by atoms with E-state index in [2.05, 4.69) is 12.2 Å². The molecule has 82 valence electrons. The molecule has 0 spiro atoms. The summed E-state index contributed by atoms with van der Waals surface area (Å²) in [6.45, 7) is 4.99. The lowest BCUT2D eigenvalue weighted by Gasteiger charge is -2.26. The molecule has 0 radical (unpaired) electrons. The van der Waals surface area contributed by atoms with E-state index >= 15 is 0 Å². The van der Waals surface area contributed by atoms with Crippen LogP contribution in [0, 0.1) is 0 Å². The maximum atomic E-state index is 11.4. The molecule has 1 rings (SSSR count). The number of carbonyl (C=O) groups is 1. The van der Waals surface area contributed by atoms with Gasteiger partial charge >= 0.3 is 0 Å². The minimum Gasteiger partial charge on any atom is -0.368 e. The molecule has 1 amide bonds. The largest absolute Gasteiger partial charge is 0.368 e. The van der Waals surface area contributed by atoms with Gasteiger partial charge in [0.05, 0.1) is 5.54 Å². The topological polar surface area (TPSA) is 55.1 Å². The number of likely N-dealkylation sites (N-methyl/N-ethyl adjacent to an activating group) is 1. The first kappa shape index (κ1) is 11.9. The van der Waals surface area contributed by atoms with Crippen LogP contribution in [0.3, 0.4) is 0 Å². The highest BCUT2D eigenvalue weighted by Crippen LogP contribution is 2.36. The summed E-state index contributed by atoms with van der Waals surface area (Å²) < 4.78 is 0. The van der Waals surface area contributed by atoms with Crippen LogP contribution >= 0.6 is 11.8 Å². The third-order valence-electron chi connectivity index (χ3n) is 2.86. The van der Waals surface area contributed by atoms with E-state index in [9.17, 15) is 4.79 Å². The van der Waals surface area contributed by atoms with Crippen molar-refractivity contribution < 1.29 is 4.79 Å². The fourth-order valence-electron chi connectivity index (χ4n) is 2.19. The Morgan fingerprint density at radius 3 is 2.86 bits per heavy atom. The van der Waals surface area contributed by atoms with Crippen molar-refractivity contribution in [1.29, 1.82) is 0 Å². The van der Waals surface area contributed by atoms with E-state index in [0.717, 1.165) is 31.6 Å². The predicted octanol–water partition coefficient (Wildman–Crippen LogP) is 1.13. The van der Waals surface area contributed by atoms with Gasteiger partial charge in [0.15, 0.2) is 0 Å². The number of hydrogen-bond acceptors (Lipinski definition) is 3. The fourth-order valence-corrected chi connectivity index (χ4v) is 3.35. The van der Waals surface area contributed by atoms with Crippen LogP contribution in [-0.2, 0) is 4.79 Å². The first-order valence-electron chi connectivity index (χ1n) is 5.31. The molecule has 0 aromatic heterocycles. The summed E-state index contributed by atoms with van der Waals surface area (Å²) >= 11 is 1.94. The SMILES string of the molecule is CCNC1(C(N)=O)CCC(SCC)C1. The van der Waals surface area contributed by atoms with Crippen LogP contribution in [-0.4, -0.2) is 29.0 Å². The zero-order chi connectivity index (χ0) is 10.6. The smallest absolute Gasteiger partial charge is 0.237 e. The summed E-state index contributed by atoms with van der Waals surface area (Å²) in [5.41, 5.74) is 5.05. The number of nitrogens with two attached hydrogens (primary N) is 1. The number of carbonyl (C=O) groups excluding carboxylic acids is 1. The Bertz CT molecular complexity index is 210. The number of primary amides is 1. The second kappa shape index (κ2) is 5.03. The lowest BCUT2D eigenvalue weighted by Crippen LogP contribution is -2.53. The average Bonchev–Trinajstić information content (AvgIpc) is 2.51. The third kappa shape index (κ3) is 2.42. The van der Waals surface area contributed by atoms with Gasteiger partial charge in [-0.3, -0.25) is 4.79 Å². The quantitative estimate of drug-likeness (QED) is 0.724. The van der Waals surface area contributed by atoms with Gasteiger partial charge in [0.25, 0.3) is 0 Å². The lowest BCUT2D eigenvalue weighted by molar-refractivity contribution is -0.124. The Morgan fingerprint density at radius 2 is 2.36 bits per heavy atom. The number of thioether (sulfide) groups is 1. The Hall–Kier alpha value is -0.220. The number of amides is 1. The Morgan fingerprint density at radius 1 is 1.64 bits per heavy atom. The molecule has 0 aromatic carbocycles. The molecule has 1 aliphatic carbocycles. The van der Waals surface area contributed by atoms with Crippen molar-refractivity contribution in [2.75, 3.05) is 12.3 Å². The first-order valence-corrected chi connectivity index (χ1v) is 6.36. The van der Waals surface area contributed by atoms with Gasteiger partial charge in [-0.1, -0.05) is 13.8 Å². The minimum atomic E-state index is -0.415. The lowest BCUT2D eigenvalue weighted by atomic mass is 9.97. The summed E-state index contributed by atoms with van der Waals surface area (Å²) in [7, 11) is 0. The highest BCUT2D eigenvalue weighted by molar-refractivity contribution is 7.99. The number of nitrogens with one attached hydrogen (secondary N) is 1. The normalized spacial score (nSPS) is 32.0. The molecule has 3 N–H and O–H groups in total. The Kier molecular flexibility index (Phi) is 4.26. The van der Waals surface area contributed by atoms with Crippen LogP contribution < -0.4 is 11.1 Å². The van der Waals surface area contributed by atoms with Crippen LogP contribution in [0.5, 0.6) is 0 Å². The van der Waals surface area contributed by atoms with Crippen molar-refractivity contribution >= 4 is 17.7 Å². The van der Waals surface area contributed by atoms with E-state index < -0.39 is 5.54 Å². The monoisotopic (exact) mass is 216 g/mol. The molecule has 1 aliphatic rings. The van der Waals surface area contributed by atoms with E-state index in [4.69, 9.17) is 5.73 Å². The van der Waals surface area contributed by atoms with Crippen molar-refractivity contribution in [2.24, 2.45) is 5.73 Å². The molecule has 0 heterocycles. The third-order valence-corrected chi connectivity index (χ3v) is 4.07. The molecule has 3 nitrogen and oxygen atoms in total. The zero-order valence-electron chi connectivity index (χ0n) is 9.01. The molecule has 1 saturated carbocycles. The van der Waals surface area contributed by atoms with Crippen LogP contribution in [0.25, 0.3) is 0 Å². The second-order valence-electron chi connectivity index (χ2n) is 3.80. The second-order valence-corrected chi connectivity index (χ2v) is 5.37. The Labute approximate surface area is 90.2 Å². The van der Waals surface area contributed by atoms with Crippen molar-refractivity contribution in [3.63, 3.8) is 0 Å². The van der Waals surface area contributed by atoms with Gasteiger partial charge in [0, 0.05) is 5.25 Å². The van der Waals surface area contributed by atoms with Gasteiger partial charge in [-0.25, -0.2) is 0 Å². The zero-order valence-corrected chi connectivity index (χ0v) is 9.82. The summed E-state index contributed by atoms with van der Waals surface area (Å²) in [6, 6.07) is 0. The average molecular weight is 216 g/mol. The van der Waals surface area contributed by atoms with Crippen LogP contribution in [0.1, 0.15) is 33.1 Å². The molecular weight excluding hydrogens is 196 g/mol. The fraction of sp³-hybridized carbons (Fsp3) is 0.900. The molecule has 0 saturated heterocycles.